The SMILES string of the molecule is O=C(c1ccc(Cl)s1)c1c(F)cccc1F. The highest BCUT2D eigenvalue weighted by Crippen LogP contribution is 2.25. The van der Waals surface area contributed by atoms with Crippen LogP contribution < -0.4 is 0 Å². The van der Waals surface area contributed by atoms with Gasteiger partial charge < -0.3 is 0 Å². The molecule has 16 heavy (non-hydrogen) atoms. The van der Waals surface area contributed by atoms with Gasteiger partial charge in [0, 0.05) is 0 Å². The summed E-state index contributed by atoms with van der Waals surface area (Å²) in [6.45, 7) is 0. The van der Waals surface area contributed by atoms with Crippen molar-refractivity contribution in [3.05, 3.63) is 56.7 Å². The summed E-state index contributed by atoms with van der Waals surface area (Å²) in [7, 11) is 0. The highest BCUT2D eigenvalue weighted by atomic mass is 35.5. The molecule has 0 aliphatic rings. The van der Waals surface area contributed by atoms with Crippen LogP contribution in [0.4, 0.5) is 8.78 Å². The lowest BCUT2D eigenvalue weighted by Crippen LogP contribution is -2.05. The van der Waals surface area contributed by atoms with E-state index in [1.54, 1.807) is 0 Å². The first kappa shape index (κ1) is 11.2. The van der Waals surface area contributed by atoms with Crippen molar-refractivity contribution in [1.29, 1.82) is 0 Å². The molecule has 5 heteroatoms. The van der Waals surface area contributed by atoms with Gasteiger partial charge >= 0.3 is 0 Å². The molecule has 0 atom stereocenters. The van der Waals surface area contributed by atoms with Gasteiger partial charge in [-0.2, -0.15) is 0 Å². The largest absolute Gasteiger partial charge is 0.287 e. The first-order chi connectivity index (χ1) is 7.59. The molecule has 0 spiro atoms. The lowest BCUT2D eigenvalue weighted by molar-refractivity contribution is 0.103. The smallest absolute Gasteiger partial charge is 0.208 e. The van der Waals surface area contributed by atoms with E-state index in [1.165, 1.54) is 18.2 Å². The van der Waals surface area contributed by atoms with E-state index in [1.807, 2.05) is 0 Å². The van der Waals surface area contributed by atoms with Gasteiger partial charge in [-0.1, -0.05) is 17.7 Å². The zero-order chi connectivity index (χ0) is 11.7. The molecule has 0 fully saturated rings. The van der Waals surface area contributed by atoms with Crippen molar-refractivity contribution >= 4 is 28.7 Å². The number of hydrogen-bond acceptors (Lipinski definition) is 2. The quantitative estimate of drug-likeness (QED) is 0.747. The monoisotopic (exact) mass is 258 g/mol. The molecule has 0 unspecified atom stereocenters. The number of benzene rings is 1. The molecule has 0 saturated carbocycles. The number of ketones is 1. The predicted octanol–water partition coefficient (Wildman–Crippen LogP) is 3.91. The summed E-state index contributed by atoms with van der Waals surface area (Å²) in [5.41, 5.74) is -0.541. The minimum Gasteiger partial charge on any atom is -0.287 e. The molecule has 1 nitrogen and oxygen atoms in total. The molecule has 2 rings (SSSR count). The van der Waals surface area contributed by atoms with E-state index in [0.717, 1.165) is 23.5 Å². The van der Waals surface area contributed by atoms with Crippen LogP contribution in [0.2, 0.25) is 4.34 Å². The Labute approximate surface area is 99.3 Å². The molecule has 0 aliphatic carbocycles. The van der Waals surface area contributed by atoms with Crippen molar-refractivity contribution in [3.8, 4) is 0 Å². The average molecular weight is 259 g/mol. The molecule has 1 aromatic carbocycles. The Balaban J connectivity index is 2.49. The summed E-state index contributed by atoms with van der Waals surface area (Å²) in [5, 5.41) is 0. The van der Waals surface area contributed by atoms with Gasteiger partial charge in [0.2, 0.25) is 5.78 Å². The number of rotatable bonds is 2. The van der Waals surface area contributed by atoms with Crippen LogP contribution >= 0.6 is 22.9 Å². The predicted molar refractivity (Wildman–Crippen MR) is 59.1 cm³/mol. The standard InChI is InChI=1S/C11H5ClF2OS/c12-9-5-4-8(16-9)11(15)10-6(13)2-1-3-7(10)14/h1-5H. The van der Waals surface area contributed by atoms with E-state index in [-0.39, 0.29) is 4.88 Å². The van der Waals surface area contributed by atoms with Crippen LogP contribution in [0.3, 0.4) is 0 Å². The first-order valence-corrected chi connectivity index (χ1v) is 5.53. The summed E-state index contributed by atoms with van der Waals surface area (Å²) < 4.78 is 27.0. The Morgan fingerprint density at radius 1 is 1.12 bits per heavy atom. The van der Waals surface area contributed by atoms with E-state index >= 15 is 0 Å². The Morgan fingerprint density at radius 2 is 1.75 bits per heavy atom. The fourth-order valence-corrected chi connectivity index (χ4v) is 2.26. The lowest BCUT2D eigenvalue weighted by atomic mass is 10.1. The summed E-state index contributed by atoms with van der Waals surface area (Å²) in [6.07, 6.45) is 0. The van der Waals surface area contributed by atoms with Crippen LogP contribution in [0.25, 0.3) is 0 Å². The van der Waals surface area contributed by atoms with E-state index in [4.69, 9.17) is 11.6 Å². The topological polar surface area (TPSA) is 17.1 Å². The van der Waals surface area contributed by atoms with Crippen LogP contribution in [-0.4, -0.2) is 5.78 Å². The molecule has 0 saturated heterocycles. The van der Waals surface area contributed by atoms with E-state index < -0.39 is 23.0 Å². The second kappa shape index (κ2) is 4.31. The van der Waals surface area contributed by atoms with Gasteiger partial charge in [0.25, 0.3) is 0 Å². The van der Waals surface area contributed by atoms with E-state index in [0.29, 0.717) is 4.34 Å². The fourth-order valence-electron chi connectivity index (χ4n) is 1.27. The molecule has 0 radical (unpaired) electrons. The number of carbonyl (C=O) groups is 1. The summed E-state index contributed by atoms with van der Waals surface area (Å²) in [5.74, 6) is -2.42. The fraction of sp³-hybridized carbons (Fsp3) is 0. The zero-order valence-electron chi connectivity index (χ0n) is 7.84. The third kappa shape index (κ3) is 1.99. The van der Waals surface area contributed by atoms with Crippen molar-refractivity contribution in [3.63, 3.8) is 0 Å². The van der Waals surface area contributed by atoms with Gasteiger partial charge in [0.1, 0.15) is 11.6 Å². The maximum atomic E-state index is 13.3. The van der Waals surface area contributed by atoms with Crippen molar-refractivity contribution in [1.82, 2.24) is 0 Å². The molecule has 2 aromatic rings. The highest BCUT2D eigenvalue weighted by Gasteiger charge is 2.19. The Kier molecular flexibility index (Phi) is 3.03. The zero-order valence-corrected chi connectivity index (χ0v) is 9.41. The van der Waals surface area contributed by atoms with Gasteiger partial charge in [-0.25, -0.2) is 8.78 Å². The third-order valence-electron chi connectivity index (χ3n) is 1.99. The minimum absolute atomic E-state index is 0.217. The van der Waals surface area contributed by atoms with Crippen molar-refractivity contribution in [2.24, 2.45) is 0 Å². The molecule has 1 aromatic heterocycles. The van der Waals surface area contributed by atoms with Crippen molar-refractivity contribution in [2.75, 3.05) is 0 Å². The Hall–Kier alpha value is -1.26. The van der Waals surface area contributed by atoms with Crippen LogP contribution in [0.1, 0.15) is 15.2 Å². The minimum atomic E-state index is -0.866. The summed E-state index contributed by atoms with van der Waals surface area (Å²) in [4.78, 5) is 12.0. The molecular weight excluding hydrogens is 254 g/mol. The number of hydrogen-bond donors (Lipinski definition) is 0. The van der Waals surface area contributed by atoms with Gasteiger partial charge in [-0.3, -0.25) is 4.79 Å². The maximum absolute atomic E-state index is 13.3. The molecule has 1 heterocycles. The molecular formula is C11H5ClF2OS. The van der Waals surface area contributed by atoms with Crippen LogP contribution in [0.15, 0.2) is 30.3 Å². The number of carbonyl (C=O) groups excluding carboxylic acids is 1. The second-order valence-corrected chi connectivity index (χ2v) is 4.74. The molecule has 0 amide bonds. The van der Waals surface area contributed by atoms with Crippen molar-refractivity contribution < 1.29 is 13.6 Å². The van der Waals surface area contributed by atoms with Crippen LogP contribution in [-0.2, 0) is 0 Å². The molecule has 0 aliphatic heterocycles. The normalized spacial score (nSPS) is 10.4. The van der Waals surface area contributed by atoms with Gasteiger partial charge in [0.15, 0.2) is 0 Å². The lowest BCUT2D eigenvalue weighted by Gasteiger charge is -2.01. The Morgan fingerprint density at radius 3 is 2.25 bits per heavy atom. The summed E-state index contributed by atoms with van der Waals surface area (Å²) >= 11 is 6.64. The summed E-state index contributed by atoms with van der Waals surface area (Å²) in [6, 6.07) is 6.26. The molecule has 0 N–H and O–H groups in total. The molecule has 0 bridgehead atoms. The van der Waals surface area contributed by atoms with Gasteiger partial charge in [-0.15, -0.1) is 11.3 Å². The highest BCUT2D eigenvalue weighted by molar-refractivity contribution is 7.18. The van der Waals surface area contributed by atoms with Gasteiger partial charge in [-0.05, 0) is 24.3 Å². The van der Waals surface area contributed by atoms with E-state index in [9.17, 15) is 13.6 Å². The number of halogens is 3. The third-order valence-corrected chi connectivity index (χ3v) is 3.22. The maximum Gasteiger partial charge on any atom is 0.208 e. The second-order valence-electron chi connectivity index (χ2n) is 3.03. The first-order valence-electron chi connectivity index (χ1n) is 4.33. The Bertz CT molecular complexity index is 530. The molecule has 82 valence electrons. The van der Waals surface area contributed by atoms with Crippen molar-refractivity contribution in [2.45, 2.75) is 0 Å². The van der Waals surface area contributed by atoms with Gasteiger partial charge in [0.05, 0.1) is 14.8 Å². The number of thiophene rings is 1. The van der Waals surface area contributed by atoms with Crippen LogP contribution in [0.5, 0.6) is 0 Å². The van der Waals surface area contributed by atoms with Crippen LogP contribution in [0, 0.1) is 11.6 Å². The average Bonchev–Trinajstić information content (AvgIpc) is 2.64. The van der Waals surface area contributed by atoms with E-state index in [2.05, 4.69) is 0 Å².